The Balaban J connectivity index is 1.78. The molecule has 0 aliphatic carbocycles. The fourth-order valence-corrected chi connectivity index (χ4v) is 4.60. The van der Waals surface area contributed by atoms with Crippen LogP contribution in [0.3, 0.4) is 0 Å². The van der Waals surface area contributed by atoms with E-state index in [4.69, 9.17) is 16.2 Å². The highest BCUT2D eigenvalue weighted by molar-refractivity contribution is 7.90. The highest BCUT2D eigenvalue weighted by Crippen LogP contribution is 2.29. The molecule has 0 saturated carbocycles. The van der Waals surface area contributed by atoms with Crippen LogP contribution in [0.15, 0.2) is 100 Å². The largest absolute Gasteiger partial charge is 0.489 e. The van der Waals surface area contributed by atoms with Crippen molar-refractivity contribution in [2.75, 3.05) is 0 Å². The van der Waals surface area contributed by atoms with E-state index >= 15 is 0 Å². The Labute approximate surface area is 185 Å². The summed E-state index contributed by atoms with van der Waals surface area (Å²) in [7, 11) is -3.83. The molecule has 1 heterocycles. The first-order valence-corrected chi connectivity index (χ1v) is 11.1. The van der Waals surface area contributed by atoms with Crippen molar-refractivity contribution in [1.82, 2.24) is 3.97 Å². The normalized spacial score (nSPS) is 11.6. The van der Waals surface area contributed by atoms with Gasteiger partial charge in [0.15, 0.2) is 0 Å². The summed E-state index contributed by atoms with van der Waals surface area (Å²) in [5.74, 6) is 0.390. The molecule has 0 fully saturated rings. The van der Waals surface area contributed by atoms with E-state index in [1.807, 2.05) is 30.3 Å². The first-order valence-electron chi connectivity index (χ1n) is 9.69. The van der Waals surface area contributed by atoms with Crippen LogP contribution < -0.4 is 16.2 Å². The summed E-state index contributed by atoms with van der Waals surface area (Å²) in [6.07, 6.45) is 2.89. The molecule has 32 heavy (non-hydrogen) atoms. The predicted molar refractivity (Wildman–Crippen MR) is 125 cm³/mol. The summed E-state index contributed by atoms with van der Waals surface area (Å²) in [5.41, 5.74) is 12.7. The SMILES string of the molecule is NC(N)=NN=Cc1cn(S(=O)(=O)c2ccccc2)c2ccc(OCc3ccccc3)cc12. The lowest BCUT2D eigenvalue weighted by Crippen LogP contribution is -2.21. The van der Waals surface area contributed by atoms with E-state index in [-0.39, 0.29) is 10.9 Å². The van der Waals surface area contributed by atoms with Crippen molar-refractivity contribution in [2.45, 2.75) is 11.5 Å². The fourth-order valence-electron chi connectivity index (χ4n) is 3.20. The van der Waals surface area contributed by atoms with Gasteiger partial charge in [-0.3, -0.25) is 0 Å². The average Bonchev–Trinajstić information content (AvgIpc) is 3.17. The van der Waals surface area contributed by atoms with Crippen molar-refractivity contribution >= 4 is 33.1 Å². The van der Waals surface area contributed by atoms with Crippen LogP contribution in [-0.4, -0.2) is 24.6 Å². The molecular weight excluding hydrogens is 426 g/mol. The zero-order valence-corrected chi connectivity index (χ0v) is 17.8. The van der Waals surface area contributed by atoms with Gasteiger partial charge in [0, 0.05) is 17.1 Å². The lowest BCUT2D eigenvalue weighted by molar-refractivity contribution is 0.306. The number of ether oxygens (including phenoxy) is 1. The van der Waals surface area contributed by atoms with Crippen molar-refractivity contribution < 1.29 is 13.2 Å². The molecule has 9 heteroatoms. The molecule has 4 aromatic rings. The molecule has 0 saturated heterocycles. The van der Waals surface area contributed by atoms with E-state index in [0.717, 1.165) is 5.56 Å². The predicted octanol–water partition coefficient (Wildman–Crippen LogP) is 3.06. The number of benzene rings is 3. The first kappa shape index (κ1) is 21.1. The quantitative estimate of drug-likeness (QED) is 0.256. The molecule has 4 N–H and O–H groups in total. The Kier molecular flexibility index (Phi) is 5.91. The van der Waals surface area contributed by atoms with E-state index in [1.54, 1.807) is 48.5 Å². The molecular formula is C23H21N5O3S. The van der Waals surface area contributed by atoms with Gasteiger partial charge in [0.25, 0.3) is 10.0 Å². The van der Waals surface area contributed by atoms with Gasteiger partial charge in [0.2, 0.25) is 5.96 Å². The van der Waals surface area contributed by atoms with Gasteiger partial charge in [0.1, 0.15) is 12.4 Å². The maximum atomic E-state index is 13.3. The third kappa shape index (κ3) is 4.47. The number of rotatable bonds is 7. The summed E-state index contributed by atoms with van der Waals surface area (Å²) >= 11 is 0. The monoisotopic (exact) mass is 447 g/mol. The summed E-state index contributed by atoms with van der Waals surface area (Å²) < 4.78 is 33.6. The van der Waals surface area contributed by atoms with E-state index in [0.29, 0.717) is 28.8 Å². The molecule has 1 aromatic heterocycles. The highest BCUT2D eigenvalue weighted by atomic mass is 32.2. The van der Waals surface area contributed by atoms with Crippen LogP contribution in [0.4, 0.5) is 0 Å². The molecule has 8 nitrogen and oxygen atoms in total. The minimum atomic E-state index is -3.83. The maximum Gasteiger partial charge on any atom is 0.268 e. The first-order chi connectivity index (χ1) is 15.4. The smallest absolute Gasteiger partial charge is 0.268 e. The van der Waals surface area contributed by atoms with Gasteiger partial charge in [-0.1, -0.05) is 48.5 Å². The summed E-state index contributed by atoms with van der Waals surface area (Å²) in [6, 6.07) is 23.2. The maximum absolute atomic E-state index is 13.3. The van der Waals surface area contributed by atoms with Gasteiger partial charge in [-0.2, -0.15) is 5.10 Å². The van der Waals surface area contributed by atoms with Crippen molar-refractivity contribution in [1.29, 1.82) is 0 Å². The van der Waals surface area contributed by atoms with Crippen molar-refractivity contribution in [3.05, 3.63) is 96.2 Å². The molecule has 0 bridgehead atoms. The van der Waals surface area contributed by atoms with Crippen molar-refractivity contribution in [3.63, 3.8) is 0 Å². The van der Waals surface area contributed by atoms with Crippen LogP contribution in [0.5, 0.6) is 5.75 Å². The minimum Gasteiger partial charge on any atom is -0.489 e. The zero-order valence-electron chi connectivity index (χ0n) is 17.0. The highest BCUT2D eigenvalue weighted by Gasteiger charge is 2.21. The molecule has 3 aromatic carbocycles. The van der Waals surface area contributed by atoms with E-state index in [9.17, 15) is 8.42 Å². The Morgan fingerprint density at radius 3 is 2.34 bits per heavy atom. The van der Waals surface area contributed by atoms with Gasteiger partial charge in [-0.15, -0.1) is 5.10 Å². The van der Waals surface area contributed by atoms with Gasteiger partial charge in [-0.05, 0) is 35.9 Å². The second-order valence-corrected chi connectivity index (χ2v) is 8.74. The van der Waals surface area contributed by atoms with Crippen LogP contribution in [0.25, 0.3) is 10.9 Å². The molecule has 0 spiro atoms. The number of fused-ring (bicyclic) bond motifs is 1. The standard InChI is InChI=1S/C23H21N5O3S/c24-23(25)27-26-14-18-15-28(32(29,30)20-9-5-2-6-10-20)22-12-11-19(13-21(18)22)31-16-17-7-3-1-4-8-17/h1-15H,16H2,(H4,24,25,27). The summed E-state index contributed by atoms with van der Waals surface area (Å²) in [4.78, 5) is 0.175. The zero-order chi connectivity index (χ0) is 22.6. The van der Waals surface area contributed by atoms with Gasteiger partial charge < -0.3 is 16.2 Å². The van der Waals surface area contributed by atoms with Crippen LogP contribution >= 0.6 is 0 Å². The number of aromatic nitrogens is 1. The lowest BCUT2D eigenvalue weighted by atomic mass is 10.2. The van der Waals surface area contributed by atoms with Crippen molar-refractivity contribution in [3.8, 4) is 5.75 Å². The number of hydrogen-bond acceptors (Lipinski definition) is 5. The Morgan fingerprint density at radius 2 is 1.66 bits per heavy atom. The van der Waals surface area contributed by atoms with Crippen LogP contribution in [0.1, 0.15) is 11.1 Å². The summed E-state index contributed by atoms with van der Waals surface area (Å²) in [6.45, 7) is 0.382. The molecule has 0 unspecified atom stereocenters. The number of nitrogens with zero attached hydrogens (tertiary/aromatic N) is 3. The van der Waals surface area contributed by atoms with E-state index < -0.39 is 10.0 Å². The van der Waals surface area contributed by atoms with Crippen LogP contribution in [0, 0.1) is 0 Å². The molecule has 0 aliphatic heterocycles. The molecule has 4 rings (SSSR count). The number of nitrogens with two attached hydrogens (primary N) is 2. The van der Waals surface area contributed by atoms with Crippen molar-refractivity contribution in [2.24, 2.45) is 21.7 Å². The van der Waals surface area contributed by atoms with E-state index in [1.165, 1.54) is 16.4 Å². The molecule has 0 aliphatic rings. The molecule has 0 amide bonds. The fraction of sp³-hybridized carbons (Fsp3) is 0.0435. The molecule has 162 valence electrons. The number of hydrogen-bond donors (Lipinski definition) is 2. The Bertz CT molecular complexity index is 1390. The van der Waals surface area contributed by atoms with Gasteiger partial charge in [0.05, 0.1) is 16.6 Å². The second kappa shape index (κ2) is 8.94. The lowest BCUT2D eigenvalue weighted by Gasteiger charge is -2.09. The minimum absolute atomic E-state index is 0.175. The second-order valence-electron chi connectivity index (χ2n) is 6.92. The molecule has 0 radical (unpaired) electrons. The number of guanidine groups is 1. The van der Waals surface area contributed by atoms with Gasteiger partial charge in [-0.25, -0.2) is 12.4 Å². The summed E-state index contributed by atoms with van der Waals surface area (Å²) in [5, 5.41) is 8.08. The topological polar surface area (TPSA) is 125 Å². The van der Waals surface area contributed by atoms with Gasteiger partial charge >= 0.3 is 0 Å². The van der Waals surface area contributed by atoms with E-state index in [2.05, 4.69) is 10.2 Å². The third-order valence-electron chi connectivity index (χ3n) is 4.69. The third-order valence-corrected chi connectivity index (χ3v) is 6.38. The van der Waals surface area contributed by atoms with Crippen LogP contribution in [-0.2, 0) is 16.6 Å². The van der Waals surface area contributed by atoms with Crippen LogP contribution in [0.2, 0.25) is 0 Å². The Hall–Kier alpha value is -4.11. The Morgan fingerprint density at radius 1 is 0.969 bits per heavy atom. The molecule has 0 atom stereocenters. The average molecular weight is 448 g/mol.